The molecule has 0 saturated carbocycles. The van der Waals surface area contributed by atoms with E-state index in [1.807, 2.05) is 31.2 Å². The molecule has 5 heteroatoms. The van der Waals surface area contributed by atoms with Crippen LogP contribution in [0, 0.1) is 12.7 Å². The van der Waals surface area contributed by atoms with Gasteiger partial charge in [-0.3, -0.25) is 0 Å². The summed E-state index contributed by atoms with van der Waals surface area (Å²) in [6.45, 7) is 2.04. The highest BCUT2D eigenvalue weighted by molar-refractivity contribution is 7.98. The highest BCUT2D eigenvalue weighted by Crippen LogP contribution is 2.25. The molecule has 2 aromatic rings. The van der Waals surface area contributed by atoms with Gasteiger partial charge in [0.15, 0.2) is 0 Å². The van der Waals surface area contributed by atoms with Crippen LogP contribution in [0.25, 0.3) is 0 Å². The number of rotatable bonds is 4. The molecule has 0 atom stereocenters. The Morgan fingerprint density at radius 2 is 1.89 bits per heavy atom. The molecule has 2 rings (SSSR count). The van der Waals surface area contributed by atoms with Crippen LogP contribution >= 0.6 is 11.8 Å². The molecule has 0 amide bonds. The van der Waals surface area contributed by atoms with Crippen molar-refractivity contribution in [2.24, 2.45) is 0 Å². The predicted octanol–water partition coefficient (Wildman–Crippen LogP) is 2.11. The number of aryl methyl sites for hydroxylation is 1. The van der Waals surface area contributed by atoms with Crippen LogP contribution in [0.4, 0.5) is 4.39 Å². The monoisotopic (exact) mass is 276 g/mol. The molecule has 2 nitrogen and oxygen atoms in total. The Kier molecular flexibility index (Phi) is 4.63. The molecule has 0 fully saturated rings. The smallest absolute Gasteiger partial charge is 0.423 e. The summed E-state index contributed by atoms with van der Waals surface area (Å²) in [6, 6.07) is 12.4. The second-order valence-electron chi connectivity index (χ2n) is 4.28. The van der Waals surface area contributed by atoms with Gasteiger partial charge in [-0.15, -0.1) is 11.8 Å². The maximum Gasteiger partial charge on any atom is 0.491 e. The van der Waals surface area contributed by atoms with Crippen LogP contribution in [0.1, 0.15) is 11.1 Å². The fraction of sp³-hybridized carbons (Fsp3) is 0.143. The number of halogens is 1. The van der Waals surface area contributed by atoms with E-state index in [2.05, 4.69) is 0 Å². The van der Waals surface area contributed by atoms with E-state index in [0.29, 0.717) is 5.75 Å². The lowest BCUT2D eigenvalue weighted by molar-refractivity contribution is 0.423. The van der Waals surface area contributed by atoms with Crippen molar-refractivity contribution < 1.29 is 14.4 Å². The summed E-state index contributed by atoms with van der Waals surface area (Å²) in [4.78, 5) is 1.16. The van der Waals surface area contributed by atoms with Gasteiger partial charge >= 0.3 is 7.12 Å². The van der Waals surface area contributed by atoms with Gasteiger partial charge in [0, 0.05) is 16.1 Å². The summed E-state index contributed by atoms with van der Waals surface area (Å²) in [6.07, 6.45) is 0. The van der Waals surface area contributed by atoms with Crippen LogP contribution in [0.2, 0.25) is 0 Å². The summed E-state index contributed by atoms with van der Waals surface area (Å²) < 4.78 is 13.3. The van der Waals surface area contributed by atoms with Crippen LogP contribution in [0.5, 0.6) is 0 Å². The van der Waals surface area contributed by atoms with E-state index in [1.54, 1.807) is 17.8 Å². The molecule has 0 bridgehead atoms. The van der Waals surface area contributed by atoms with Crippen molar-refractivity contribution in [2.75, 3.05) is 0 Å². The van der Waals surface area contributed by atoms with Crippen LogP contribution in [-0.2, 0) is 5.75 Å². The topological polar surface area (TPSA) is 40.5 Å². The molecule has 98 valence electrons. The first-order chi connectivity index (χ1) is 9.08. The molecule has 0 saturated heterocycles. The highest BCUT2D eigenvalue weighted by Gasteiger charge is 2.16. The summed E-state index contributed by atoms with van der Waals surface area (Å²) in [5, 5.41) is 18.1. The highest BCUT2D eigenvalue weighted by atomic mass is 32.2. The zero-order valence-electron chi connectivity index (χ0n) is 10.5. The summed E-state index contributed by atoms with van der Waals surface area (Å²) >= 11 is 1.64. The number of hydrogen-bond donors (Lipinski definition) is 2. The van der Waals surface area contributed by atoms with Crippen molar-refractivity contribution in [3.63, 3.8) is 0 Å². The molecule has 2 N–H and O–H groups in total. The van der Waals surface area contributed by atoms with Crippen molar-refractivity contribution in [3.8, 4) is 0 Å². The second kappa shape index (κ2) is 6.24. The molecular formula is C14H14BFO2S. The summed E-state index contributed by atoms with van der Waals surface area (Å²) in [5.74, 6) is 0.0600. The lowest BCUT2D eigenvalue weighted by Crippen LogP contribution is -2.33. The molecule has 19 heavy (non-hydrogen) atoms. The minimum absolute atomic E-state index is 0.0807. The van der Waals surface area contributed by atoms with E-state index < -0.39 is 12.9 Å². The van der Waals surface area contributed by atoms with E-state index >= 15 is 0 Å². The van der Waals surface area contributed by atoms with E-state index in [-0.39, 0.29) is 5.46 Å². The van der Waals surface area contributed by atoms with Gasteiger partial charge in [0.25, 0.3) is 0 Å². The van der Waals surface area contributed by atoms with Gasteiger partial charge in [0.2, 0.25) is 0 Å². The quantitative estimate of drug-likeness (QED) is 0.663. The van der Waals surface area contributed by atoms with Gasteiger partial charge in [-0.05, 0) is 30.2 Å². The van der Waals surface area contributed by atoms with Crippen LogP contribution in [0.15, 0.2) is 47.4 Å². The van der Waals surface area contributed by atoms with Crippen molar-refractivity contribution >= 4 is 24.3 Å². The van der Waals surface area contributed by atoms with E-state index in [1.165, 1.54) is 17.7 Å². The third kappa shape index (κ3) is 3.59. The standard InChI is InChI=1S/C14H14BFO2S/c1-10-4-2-3-5-14(10)19-9-11-6-7-13(16)12(8-11)15(17)18/h2-8,17-18H,9H2,1H3. The molecule has 0 aliphatic carbocycles. The molecule has 0 aromatic heterocycles. The lowest BCUT2D eigenvalue weighted by Gasteiger charge is -2.07. The SMILES string of the molecule is Cc1ccccc1SCc1ccc(F)c(B(O)O)c1. The zero-order valence-corrected chi connectivity index (χ0v) is 11.3. The molecule has 0 radical (unpaired) electrons. The molecule has 2 aromatic carbocycles. The van der Waals surface area contributed by atoms with Crippen LogP contribution in [0.3, 0.4) is 0 Å². The Morgan fingerprint density at radius 3 is 2.58 bits per heavy atom. The van der Waals surface area contributed by atoms with Gasteiger partial charge in [-0.25, -0.2) is 4.39 Å². The summed E-state index contributed by atoms with van der Waals surface area (Å²) in [5.41, 5.74) is 1.97. The van der Waals surface area contributed by atoms with Gasteiger partial charge < -0.3 is 10.0 Å². The molecule has 0 aliphatic heterocycles. The first kappa shape index (κ1) is 14.1. The van der Waals surface area contributed by atoms with Crippen molar-refractivity contribution in [2.45, 2.75) is 17.6 Å². The number of benzene rings is 2. The van der Waals surface area contributed by atoms with E-state index in [0.717, 1.165) is 10.5 Å². The average Bonchev–Trinajstić information content (AvgIpc) is 2.39. The minimum Gasteiger partial charge on any atom is -0.423 e. The first-order valence-electron chi connectivity index (χ1n) is 5.91. The number of hydrogen-bond acceptors (Lipinski definition) is 3. The molecule has 0 spiro atoms. The lowest BCUT2D eigenvalue weighted by atomic mass is 9.79. The Labute approximate surface area is 116 Å². The Morgan fingerprint density at radius 1 is 1.16 bits per heavy atom. The van der Waals surface area contributed by atoms with Crippen LogP contribution in [-0.4, -0.2) is 17.2 Å². The van der Waals surface area contributed by atoms with Gasteiger partial charge in [0.05, 0.1) is 0 Å². The molecule has 0 aliphatic rings. The van der Waals surface area contributed by atoms with Crippen LogP contribution < -0.4 is 5.46 Å². The molecule has 0 unspecified atom stereocenters. The van der Waals surface area contributed by atoms with Crippen molar-refractivity contribution in [3.05, 3.63) is 59.4 Å². The van der Waals surface area contributed by atoms with E-state index in [4.69, 9.17) is 10.0 Å². The third-order valence-corrected chi connectivity index (χ3v) is 4.07. The average molecular weight is 276 g/mol. The molecular weight excluding hydrogens is 262 g/mol. The van der Waals surface area contributed by atoms with Gasteiger partial charge in [-0.1, -0.05) is 30.3 Å². The minimum atomic E-state index is -1.77. The zero-order chi connectivity index (χ0) is 13.8. The first-order valence-corrected chi connectivity index (χ1v) is 6.89. The fourth-order valence-electron chi connectivity index (χ4n) is 1.76. The Balaban J connectivity index is 2.12. The maximum absolute atomic E-state index is 13.3. The normalized spacial score (nSPS) is 10.5. The number of thioether (sulfide) groups is 1. The van der Waals surface area contributed by atoms with Crippen molar-refractivity contribution in [1.82, 2.24) is 0 Å². The summed E-state index contributed by atoms with van der Waals surface area (Å²) in [7, 11) is -1.77. The molecule has 0 heterocycles. The Hall–Kier alpha value is -1.30. The second-order valence-corrected chi connectivity index (χ2v) is 5.30. The van der Waals surface area contributed by atoms with Crippen molar-refractivity contribution in [1.29, 1.82) is 0 Å². The fourth-order valence-corrected chi connectivity index (χ4v) is 2.73. The maximum atomic E-state index is 13.3. The van der Waals surface area contributed by atoms with Gasteiger partial charge in [-0.2, -0.15) is 0 Å². The largest absolute Gasteiger partial charge is 0.491 e. The predicted molar refractivity (Wildman–Crippen MR) is 77.0 cm³/mol. The van der Waals surface area contributed by atoms with E-state index in [9.17, 15) is 4.39 Å². The van der Waals surface area contributed by atoms with Gasteiger partial charge in [0.1, 0.15) is 5.82 Å². The Bertz CT molecular complexity index is 575. The third-order valence-electron chi connectivity index (χ3n) is 2.83.